The number of aromatic nitrogens is 2. The second-order valence-electron chi connectivity index (χ2n) is 9.78. The maximum Gasteiger partial charge on any atom is 0.328 e. The van der Waals surface area contributed by atoms with Gasteiger partial charge in [-0.15, -0.1) is 0 Å². The molecule has 0 bridgehead atoms. The van der Waals surface area contributed by atoms with Crippen molar-refractivity contribution in [3.63, 3.8) is 0 Å². The first kappa shape index (κ1) is 33.4. The average molecular weight is 612 g/mol. The third-order valence-electron chi connectivity index (χ3n) is 7.15. The van der Waals surface area contributed by atoms with E-state index in [2.05, 4.69) is 56.5 Å². The minimum atomic E-state index is -1.26. The van der Waals surface area contributed by atoms with Gasteiger partial charge in [0, 0.05) is 62.4 Å². The number of carbonyl (C=O) groups is 4. The van der Waals surface area contributed by atoms with Crippen LogP contribution in [0.3, 0.4) is 0 Å². The molecule has 6 N–H and O–H groups in total. The van der Waals surface area contributed by atoms with Gasteiger partial charge < -0.3 is 25.3 Å². The Balaban J connectivity index is 0.000000275. The Hall–Kier alpha value is -5.08. The molecule has 2 aromatic carbocycles. The Labute approximate surface area is 251 Å². The number of halogens is 1. The van der Waals surface area contributed by atoms with Crippen LogP contribution in [0.2, 0.25) is 0 Å². The molecule has 14 heteroatoms. The summed E-state index contributed by atoms with van der Waals surface area (Å²) in [6.45, 7) is 7.03. The quantitative estimate of drug-likeness (QED) is 0.214. The summed E-state index contributed by atoms with van der Waals surface area (Å²) in [5.41, 5.74) is 3.56. The van der Waals surface area contributed by atoms with Crippen molar-refractivity contribution >= 4 is 40.6 Å². The van der Waals surface area contributed by atoms with E-state index in [-0.39, 0.29) is 11.5 Å². The van der Waals surface area contributed by atoms with Crippen LogP contribution in [0.5, 0.6) is 0 Å². The van der Waals surface area contributed by atoms with Crippen molar-refractivity contribution in [3.05, 3.63) is 83.7 Å². The van der Waals surface area contributed by atoms with Gasteiger partial charge in [0.15, 0.2) is 5.82 Å². The Morgan fingerprint density at radius 1 is 0.886 bits per heavy atom. The molecule has 1 unspecified atom stereocenters. The standard InChI is InChI=1S/C22H26FN5.2C4H4O4/c1-2-22(19-6-4-3-5-16(19)9-10-24-22)28-13-11-27(12-14-28)21-18-8-7-17(23)15-20(18)25-26-21;2*5-3(6)1-2-4(7)8/h3-8,15,24H,2,9-14H2,1H3,(H,25,26);2*1-2H,(H,5,6)(H,7,8). The predicted molar refractivity (Wildman–Crippen MR) is 159 cm³/mol. The molecule has 0 amide bonds. The summed E-state index contributed by atoms with van der Waals surface area (Å²) in [7, 11) is 0. The number of piperazine rings is 1. The molecule has 2 aliphatic rings. The Morgan fingerprint density at radius 3 is 2.00 bits per heavy atom. The highest BCUT2D eigenvalue weighted by Crippen LogP contribution is 2.36. The molecule has 0 spiro atoms. The van der Waals surface area contributed by atoms with Crippen molar-refractivity contribution in [3.8, 4) is 0 Å². The summed E-state index contributed by atoms with van der Waals surface area (Å²) in [6, 6.07) is 13.7. The number of carboxylic acids is 4. The molecule has 0 radical (unpaired) electrons. The van der Waals surface area contributed by atoms with Gasteiger partial charge in [-0.2, -0.15) is 5.10 Å². The van der Waals surface area contributed by atoms with Gasteiger partial charge in [-0.25, -0.2) is 23.6 Å². The van der Waals surface area contributed by atoms with Gasteiger partial charge in [-0.3, -0.25) is 15.3 Å². The molecule has 234 valence electrons. The predicted octanol–water partition coefficient (Wildman–Crippen LogP) is 2.66. The fraction of sp³-hybridized carbons (Fsp3) is 0.300. The lowest BCUT2D eigenvalue weighted by molar-refractivity contribution is -0.134. The Morgan fingerprint density at radius 2 is 1.45 bits per heavy atom. The summed E-state index contributed by atoms with van der Waals surface area (Å²) in [4.78, 5) is 43.1. The summed E-state index contributed by atoms with van der Waals surface area (Å²) in [5, 5.41) is 43.5. The number of benzene rings is 2. The third-order valence-corrected chi connectivity index (χ3v) is 7.15. The molecule has 3 heterocycles. The van der Waals surface area contributed by atoms with E-state index in [1.807, 2.05) is 6.07 Å². The molecule has 1 fully saturated rings. The third kappa shape index (κ3) is 8.72. The SMILES string of the molecule is CCC1(N2CCN(c3n[nH]c4cc(F)ccc34)CC2)NCCc2ccccc21.O=C(O)C=CC(=O)O.O=C(O)C=CC(=O)O. The van der Waals surface area contributed by atoms with Gasteiger partial charge in [0.05, 0.1) is 11.2 Å². The highest BCUT2D eigenvalue weighted by molar-refractivity contribution is 5.91. The summed E-state index contributed by atoms with van der Waals surface area (Å²) >= 11 is 0. The molecular weight excluding hydrogens is 577 g/mol. The first-order chi connectivity index (χ1) is 21.0. The molecule has 0 saturated carbocycles. The number of carboxylic acid groups (broad SMARTS) is 4. The lowest BCUT2D eigenvalue weighted by atomic mass is 9.85. The van der Waals surface area contributed by atoms with Crippen LogP contribution in [0, 0.1) is 5.82 Å². The van der Waals surface area contributed by atoms with Gasteiger partial charge in [0.1, 0.15) is 5.82 Å². The number of hydrogen-bond donors (Lipinski definition) is 6. The Kier molecular flexibility index (Phi) is 11.7. The number of nitrogens with one attached hydrogen (secondary N) is 2. The van der Waals surface area contributed by atoms with E-state index in [1.54, 1.807) is 0 Å². The molecule has 0 aliphatic carbocycles. The zero-order chi connectivity index (χ0) is 32.3. The van der Waals surface area contributed by atoms with Gasteiger partial charge in [0.2, 0.25) is 0 Å². The first-order valence-electron chi connectivity index (χ1n) is 13.7. The number of fused-ring (bicyclic) bond motifs is 2. The highest BCUT2D eigenvalue weighted by Gasteiger charge is 2.41. The van der Waals surface area contributed by atoms with Gasteiger partial charge >= 0.3 is 23.9 Å². The van der Waals surface area contributed by atoms with Crippen LogP contribution in [0.25, 0.3) is 10.9 Å². The monoisotopic (exact) mass is 611 g/mol. The van der Waals surface area contributed by atoms with E-state index in [4.69, 9.17) is 20.4 Å². The second-order valence-corrected chi connectivity index (χ2v) is 9.78. The van der Waals surface area contributed by atoms with Crippen LogP contribution in [-0.2, 0) is 31.3 Å². The van der Waals surface area contributed by atoms with Crippen molar-refractivity contribution in [2.45, 2.75) is 25.4 Å². The van der Waals surface area contributed by atoms with Crippen LogP contribution in [0.15, 0.2) is 66.8 Å². The van der Waals surface area contributed by atoms with Crippen molar-refractivity contribution in [2.75, 3.05) is 37.6 Å². The summed E-state index contributed by atoms with van der Waals surface area (Å²) in [5.74, 6) is -4.34. The van der Waals surface area contributed by atoms with Crippen LogP contribution in [0.4, 0.5) is 10.2 Å². The van der Waals surface area contributed by atoms with E-state index in [0.717, 1.165) is 62.3 Å². The number of rotatable bonds is 7. The molecular formula is C30H34FN5O8. The topological polar surface area (TPSA) is 196 Å². The number of aliphatic carboxylic acids is 4. The van der Waals surface area contributed by atoms with Crippen LogP contribution in [-0.4, -0.2) is 92.1 Å². The molecule has 2 aliphatic heterocycles. The molecule has 1 aromatic heterocycles. The summed E-state index contributed by atoms with van der Waals surface area (Å²) < 4.78 is 13.5. The van der Waals surface area contributed by atoms with E-state index >= 15 is 0 Å². The van der Waals surface area contributed by atoms with Gasteiger partial charge in [-0.05, 0) is 42.2 Å². The zero-order valence-electron chi connectivity index (χ0n) is 23.9. The average Bonchev–Trinajstić information content (AvgIpc) is 3.42. The van der Waals surface area contributed by atoms with Gasteiger partial charge in [-0.1, -0.05) is 31.2 Å². The number of H-pyrrole nitrogens is 1. The largest absolute Gasteiger partial charge is 0.478 e. The molecule has 1 atom stereocenters. The van der Waals surface area contributed by atoms with E-state index < -0.39 is 23.9 Å². The lowest BCUT2D eigenvalue weighted by Gasteiger charge is -2.50. The smallest absolute Gasteiger partial charge is 0.328 e. The first-order valence-corrected chi connectivity index (χ1v) is 13.7. The maximum absolute atomic E-state index is 13.5. The van der Waals surface area contributed by atoms with Gasteiger partial charge in [0.25, 0.3) is 0 Å². The molecule has 5 rings (SSSR count). The maximum atomic E-state index is 13.5. The highest BCUT2D eigenvalue weighted by atomic mass is 19.1. The fourth-order valence-electron chi connectivity index (χ4n) is 5.27. The van der Waals surface area contributed by atoms with Crippen LogP contribution >= 0.6 is 0 Å². The second kappa shape index (κ2) is 15.4. The number of hydrogen-bond acceptors (Lipinski definition) is 8. The van der Waals surface area contributed by atoms with Crippen molar-refractivity contribution in [1.82, 2.24) is 20.4 Å². The van der Waals surface area contributed by atoms with E-state index in [9.17, 15) is 23.6 Å². The zero-order valence-corrected chi connectivity index (χ0v) is 23.9. The van der Waals surface area contributed by atoms with Crippen LogP contribution < -0.4 is 10.2 Å². The number of nitrogens with zero attached hydrogens (tertiary/aromatic N) is 3. The van der Waals surface area contributed by atoms with Crippen molar-refractivity contribution in [1.29, 1.82) is 0 Å². The van der Waals surface area contributed by atoms with E-state index in [1.165, 1.54) is 23.3 Å². The number of aromatic amines is 1. The molecule has 13 nitrogen and oxygen atoms in total. The molecule has 1 saturated heterocycles. The number of anilines is 1. The molecule has 3 aromatic rings. The van der Waals surface area contributed by atoms with Crippen molar-refractivity contribution < 1.29 is 44.0 Å². The fourth-order valence-corrected chi connectivity index (χ4v) is 5.27. The van der Waals surface area contributed by atoms with Crippen molar-refractivity contribution in [2.24, 2.45) is 0 Å². The summed E-state index contributed by atoms with van der Waals surface area (Å²) in [6.07, 6.45) is 4.36. The van der Waals surface area contributed by atoms with Crippen LogP contribution in [0.1, 0.15) is 24.5 Å². The Bertz CT molecular complexity index is 1480. The lowest BCUT2D eigenvalue weighted by Crippen LogP contribution is -2.63. The van der Waals surface area contributed by atoms with E-state index in [0.29, 0.717) is 24.3 Å². The minimum absolute atomic E-state index is 0.0856. The normalized spacial score (nSPS) is 18.2. The minimum Gasteiger partial charge on any atom is -0.478 e. The molecule has 44 heavy (non-hydrogen) atoms.